The van der Waals surface area contributed by atoms with Gasteiger partial charge in [-0.05, 0) is 56.8 Å². The number of likely N-dealkylation sites (tertiary alicyclic amines) is 1. The molecular formula is C18H23N5. The summed E-state index contributed by atoms with van der Waals surface area (Å²) in [6.45, 7) is 5.15. The lowest BCUT2D eigenvalue weighted by Crippen LogP contribution is -2.45. The van der Waals surface area contributed by atoms with Gasteiger partial charge in [-0.25, -0.2) is 9.97 Å². The molecule has 4 rings (SSSR count). The Labute approximate surface area is 137 Å². The molecule has 0 amide bonds. The molecule has 0 bridgehead atoms. The number of nitrogen functional groups attached to an aromatic ring is 1. The lowest BCUT2D eigenvalue weighted by atomic mass is 9.77. The van der Waals surface area contributed by atoms with Gasteiger partial charge in [-0.15, -0.1) is 0 Å². The summed E-state index contributed by atoms with van der Waals surface area (Å²) in [6, 6.07) is 6.27. The molecule has 2 aliphatic rings. The molecule has 1 fully saturated rings. The van der Waals surface area contributed by atoms with Crippen molar-refractivity contribution in [2.24, 2.45) is 0 Å². The van der Waals surface area contributed by atoms with Crippen LogP contribution in [-0.4, -0.2) is 32.9 Å². The van der Waals surface area contributed by atoms with Gasteiger partial charge in [0.05, 0.1) is 11.4 Å². The molecule has 120 valence electrons. The monoisotopic (exact) mass is 309 g/mol. The smallest absolute Gasteiger partial charge is 0.220 e. The average molecular weight is 309 g/mol. The molecule has 1 spiro atoms. The number of nitrogens with two attached hydrogens (primary N) is 1. The number of aromatic nitrogens is 3. The van der Waals surface area contributed by atoms with Crippen molar-refractivity contribution in [1.82, 2.24) is 19.9 Å². The van der Waals surface area contributed by atoms with Crippen molar-refractivity contribution in [3.8, 4) is 0 Å². The minimum Gasteiger partial charge on any atom is -0.368 e. The zero-order valence-electron chi connectivity index (χ0n) is 13.6. The summed E-state index contributed by atoms with van der Waals surface area (Å²) in [7, 11) is 0. The Balaban J connectivity index is 1.58. The maximum Gasteiger partial charge on any atom is 0.220 e. The molecule has 2 aromatic heterocycles. The van der Waals surface area contributed by atoms with Gasteiger partial charge in [0.25, 0.3) is 0 Å². The highest BCUT2D eigenvalue weighted by Gasteiger charge is 2.43. The highest BCUT2D eigenvalue weighted by Crippen LogP contribution is 2.44. The summed E-state index contributed by atoms with van der Waals surface area (Å²) < 4.78 is 0. The Morgan fingerprint density at radius 2 is 2.17 bits per heavy atom. The van der Waals surface area contributed by atoms with Gasteiger partial charge in [0.2, 0.25) is 5.95 Å². The first-order valence-electron chi connectivity index (χ1n) is 8.41. The predicted molar refractivity (Wildman–Crippen MR) is 89.9 cm³/mol. The van der Waals surface area contributed by atoms with Gasteiger partial charge in [0.1, 0.15) is 0 Å². The summed E-state index contributed by atoms with van der Waals surface area (Å²) in [5.41, 5.74) is 10.7. The lowest BCUT2D eigenvalue weighted by molar-refractivity contribution is 0.135. The van der Waals surface area contributed by atoms with E-state index >= 15 is 0 Å². The summed E-state index contributed by atoms with van der Waals surface area (Å²) in [5, 5.41) is 0. The molecular weight excluding hydrogens is 286 g/mol. The van der Waals surface area contributed by atoms with E-state index in [4.69, 9.17) is 5.73 Å². The Bertz CT molecular complexity index is 725. The van der Waals surface area contributed by atoms with Gasteiger partial charge >= 0.3 is 0 Å². The molecule has 23 heavy (non-hydrogen) atoms. The maximum absolute atomic E-state index is 5.85. The quantitative estimate of drug-likeness (QED) is 0.921. The topological polar surface area (TPSA) is 67.9 Å². The first-order valence-corrected chi connectivity index (χ1v) is 8.41. The third-order valence-corrected chi connectivity index (χ3v) is 5.25. The summed E-state index contributed by atoms with van der Waals surface area (Å²) in [6.07, 6.45) is 6.57. The molecule has 2 aromatic rings. The first-order chi connectivity index (χ1) is 11.1. The standard InChI is InChI=1S/C18H23N5/c1-13-4-2-5-15(21-13)11-23-9-3-7-18(12-23)8-6-14-10-20-17(19)22-16(14)18/h2,4-5,10H,3,6-9,11-12H2,1H3,(H2,19,20,22). The van der Waals surface area contributed by atoms with Crippen LogP contribution in [-0.2, 0) is 18.4 Å². The van der Waals surface area contributed by atoms with E-state index in [1.165, 1.54) is 24.1 Å². The normalized spacial score (nSPS) is 24.0. The second-order valence-electron chi connectivity index (χ2n) is 6.97. The summed E-state index contributed by atoms with van der Waals surface area (Å²) in [5.74, 6) is 0.405. The Morgan fingerprint density at radius 1 is 1.26 bits per heavy atom. The van der Waals surface area contributed by atoms with Crippen molar-refractivity contribution in [3.05, 3.63) is 47.0 Å². The van der Waals surface area contributed by atoms with E-state index in [-0.39, 0.29) is 5.41 Å². The van der Waals surface area contributed by atoms with E-state index in [1.807, 2.05) is 19.2 Å². The van der Waals surface area contributed by atoms with Crippen molar-refractivity contribution in [2.45, 2.75) is 44.6 Å². The Kier molecular flexibility index (Phi) is 3.53. The van der Waals surface area contributed by atoms with Crippen LogP contribution >= 0.6 is 0 Å². The van der Waals surface area contributed by atoms with Crippen molar-refractivity contribution in [2.75, 3.05) is 18.8 Å². The molecule has 0 radical (unpaired) electrons. The van der Waals surface area contributed by atoms with Crippen LogP contribution in [0.3, 0.4) is 0 Å². The molecule has 0 saturated carbocycles. The van der Waals surface area contributed by atoms with Crippen LogP contribution < -0.4 is 5.73 Å². The number of hydrogen-bond donors (Lipinski definition) is 1. The number of aryl methyl sites for hydroxylation is 2. The van der Waals surface area contributed by atoms with E-state index < -0.39 is 0 Å². The molecule has 1 aliphatic heterocycles. The van der Waals surface area contributed by atoms with E-state index in [1.54, 1.807) is 0 Å². The number of nitrogens with zero attached hydrogens (tertiary/aromatic N) is 4. The SMILES string of the molecule is Cc1cccc(CN2CCCC3(CCc4cnc(N)nc43)C2)n1. The number of pyridine rings is 1. The van der Waals surface area contributed by atoms with Gasteiger partial charge in [0.15, 0.2) is 0 Å². The largest absolute Gasteiger partial charge is 0.368 e. The molecule has 1 atom stereocenters. The minimum absolute atomic E-state index is 0.161. The fourth-order valence-corrected chi connectivity index (χ4v) is 4.23. The molecule has 1 unspecified atom stereocenters. The van der Waals surface area contributed by atoms with Crippen LogP contribution in [0.4, 0.5) is 5.95 Å². The first kappa shape index (κ1) is 14.6. The molecule has 5 heteroatoms. The highest BCUT2D eigenvalue weighted by molar-refractivity contribution is 5.37. The maximum atomic E-state index is 5.85. The van der Waals surface area contributed by atoms with Crippen molar-refractivity contribution in [3.63, 3.8) is 0 Å². The number of fused-ring (bicyclic) bond motifs is 2. The molecule has 2 N–H and O–H groups in total. The van der Waals surface area contributed by atoms with Gasteiger partial charge in [0, 0.05) is 30.4 Å². The zero-order valence-corrected chi connectivity index (χ0v) is 13.6. The third-order valence-electron chi connectivity index (χ3n) is 5.25. The van der Waals surface area contributed by atoms with E-state index in [0.717, 1.165) is 43.9 Å². The fraction of sp³-hybridized carbons (Fsp3) is 0.500. The lowest BCUT2D eigenvalue weighted by Gasteiger charge is -2.40. The molecule has 1 saturated heterocycles. The van der Waals surface area contributed by atoms with Crippen LogP contribution in [0.5, 0.6) is 0 Å². The highest BCUT2D eigenvalue weighted by atomic mass is 15.2. The fourth-order valence-electron chi connectivity index (χ4n) is 4.23. The van der Waals surface area contributed by atoms with Crippen LogP contribution in [0, 0.1) is 6.92 Å². The van der Waals surface area contributed by atoms with Crippen LogP contribution in [0.1, 0.15) is 41.9 Å². The van der Waals surface area contributed by atoms with Crippen molar-refractivity contribution in [1.29, 1.82) is 0 Å². The predicted octanol–water partition coefficient (Wildman–Crippen LogP) is 2.24. The van der Waals surface area contributed by atoms with Crippen molar-refractivity contribution < 1.29 is 0 Å². The second kappa shape index (κ2) is 5.57. The molecule has 1 aliphatic carbocycles. The van der Waals surface area contributed by atoms with E-state index in [2.05, 4.69) is 32.0 Å². The van der Waals surface area contributed by atoms with Gasteiger partial charge in [-0.2, -0.15) is 0 Å². The Morgan fingerprint density at radius 3 is 3.04 bits per heavy atom. The number of piperidine rings is 1. The number of anilines is 1. The average Bonchev–Trinajstić information content (AvgIpc) is 2.85. The minimum atomic E-state index is 0.161. The zero-order chi connectivity index (χ0) is 15.9. The number of rotatable bonds is 2. The van der Waals surface area contributed by atoms with Gasteiger partial charge in [-0.1, -0.05) is 6.07 Å². The Hall–Kier alpha value is -2.01. The van der Waals surface area contributed by atoms with Gasteiger partial charge in [-0.3, -0.25) is 9.88 Å². The summed E-state index contributed by atoms with van der Waals surface area (Å²) in [4.78, 5) is 16.0. The number of hydrogen-bond acceptors (Lipinski definition) is 5. The third kappa shape index (κ3) is 2.70. The molecule has 3 heterocycles. The molecule has 0 aromatic carbocycles. The van der Waals surface area contributed by atoms with Gasteiger partial charge < -0.3 is 5.73 Å². The van der Waals surface area contributed by atoms with Crippen LogP contribution in [0.2, 0.25) is 0 Å². The molecule has 5 nitrogen and oxygen atoms in total. The summed E-state index contributed by atoms with van der Waals surface area (Å²) >= 11 is 0. The second-order valence-corrected chi connectivity index (χ2v) is 6.97. The van der Waals surface area contributed by atoms with Crippen LogP contribution in [0.15, 0.2) is 24.4 Å². The van der Waals surface area contributed by atoms with Crippen molar-refractivity contribution >= 4 is 5.95 Å². The van der Waals surface area contributed by atoms with E-state index in [9.17, 15) is 0 Å². The van der Waals surface area contributed by atoms with Crippen LogP contribution in [0.25, 0.3) is 0 Å². The van der Waals surface area contributed by atoms with E-state index in [0.29, 0.717) is 5.95 Å².